The highest BCUT2D eigenvalue weighted by atomic mass is 16.3. The van der Waals surface area contributed by atoms with E-state index in [1.54, 1.807) is 0 Å². The van der Waals surface area contributed by atoms with Gasteiger partial charge in [0.15, 0.2) is 0 Å². The predicted octanol–water partition coefficient (Wildman–Crippen LogP) is 2.87. The van der Waals surface area contributed by atoms with Gasteiger partial charge in [0.25, 0.3) is 0 Å². The SMILES string of the molecule is C[C@@H](O)CCCc1c[nH]c2ccccc12. The average molecular weight is 203 g/mol. The highest BCUT2D eigenvalue weighted by Gasteiger charge is 2.03. The molecule has 0 aliphatic carbocycles. The Morgan fingerprint density at radius 2 is 2.13 bits per heavy atom. The van der Waals surface area contributed by atoms with Crippen LogP contribution in [0.1, 0.15) is 25.3 Å². The minimum atomic E-state index is -0.185. The van der Waals surface area contributed by atoms with Gasteiger partial charge in [0.2, 0.25) is 0 Å². The highest BCUT2D eigenvalue weighted by molar-refractivity contribution is 5.82. The van der Waals surface area contributed by atoms with Gasteiger partial charge in [-0.3, -0.25) is 0 Å². The largest absolute Gasteiger partial charge is 0.393 e. The van der Waals surface area contributed by atoms with Crippen molar-refractivity contribution in [1.29, 1.82) is 0 Å². The Hall–Kier alpha value is -1.28. The van der Waals surface area contributed by atoms with Crippen molar-refractivity contribution >= 4 is 10.9 Å². The molecule has 0 bridgehead atoms. The summed E-state index contributed by atoms with van der Waals surface area (Å²) in [5.41, 5.74) is 2.55. The fourth-order valence-electron chi connectivity index (χ4n) is 1.93. The zero-order chi connectivity index (χ0) is 10.7. The van der Waals surface area contributed by atoms with E-state index in [1.165, 1.54) is 16.5 Å². The molecule has 0 amide bonds. The van der Waals surface area contributed by atoms with E-state index < -0.39 is 0 Å². The van der Waals surface area contributed by atoms with Crippen LogP contribution in [-0.2, 0) is 6.42 Å². The second-order valence-corrected chi connectivity index (χ2v) is 4.10. The molecule has 80 valence electrons. The first-order valence-corrected chi connectivity index (χ1v) is 5.50. The summed E-state index contributed by atoms with van der Waals surface area (Å²) >= 11 is 0. The van der Waals surface area contributed by atoms with E-state index in [0.29, 0.717) is 0 Å². The number of rotatable bonds is 4. The Morgan fingerprint density at radius 3 is 2.93 bits per heavy atom. The molecule has 1 aromatic heterocycles. The molecular weight excluding hydrogens is 186 g/mol. The molecule has 0 aliphatic heterocycles. The van der Waals surface area contributed by atoms with E-state index in [9.17, 15) is 5.11 Å². The average Bonchev–Trinajstić information content (AvgIpc) is 2.62. The molecule has 0 aliphatic rings. The molecule has 0 unspecified atom stereocenters. The Morgan fingerprint density at radius 1 is 1.33 bits per heavy atom. The first kappa shape index (κ1) is 10.2. The lowest BCUT2D eigenvalue weighted by Crippen LogP contribution is -1.99. The van der Waals surface area contributed by atoms with E-state index >= 15 is 0 Å². The fraction of sp³-hybridized carbons (Fsp3) is 0.385. The number of aromatic nitrogens is 1. The summed E-state index contributed by atoms with van der Waals surface area (Å²) in [6.45, 7) is 1.84. The molecule has 2 aromatic rings. The minimum Gasteiger partial charge on any atom is -0.393 e. The molecule has 0 spiro atoms. The summed E-state index contributed by atoms with van der Waals surface area (Å²) < 4.78 is 0. The van der Waals surface area contributed by atoms with Crippen LogP contribution in [0.25, 0.3) is 10.9 Å². The summed E-state index contributed by atoms with van der Waals surface area (Å²) in [6.07, 6.45) is 4.84. The van der Waals surface area contributed by atoms with Crippen molar-refractivity contribution in [3.05, 3.63) is 36.0 Å². The van der Waals surface area contributed by atoms with Crippen LogP contribution in [0.4, 0.5) is 0 Å². The molecule has 2 rings (SSSR count). The quantitative estimate of drug-likeness (QED) is 0.787. The summed E-state index contributed by atoms with van der Waals surface area (Å²) in [4.78, 5) is 3.26. The molecule has 1 aromatic carbocycles. The van der Waals surface area contributed by atoms with Gasteiger partial charge in [-0.05, 0) is 37.8 Å². The molecule has 0 fully saturated rings. The number of aliphatic hydroxyl groups is 1. The molecule has 1 heterocycles. The Kier molecular flexibility index (Phi) is 3.07. The van der Waals surface area contributed by atoms with Crippen LogP contribution in [0.15, 0.2) is 30.5 Å². The third kappa shape index (κ3) is 2.39. The number of benzene rings is 1. The third-order valence-corrected chi connectivity index (χ3v) is 2.74. The van der Waals surface area contributed by atoms with Crippen LogP contribution in [0, 0.1) is 0 Å². The lowest BCUT2D eigenvalue weighted by molar-refractivity contribution is 0.182. The van der Waals surface area contributed by atoms with E-state index in [-0.39, 0.29) is 6.10 Å². The van der Waals surface area contributed by atoms with E-state index in [0.717, 1.165) is 19.3 Å². The van der Waals surface area contributed by atoms with Gasteiger partial charge in [-0.15, -0.1) is 0 Å². The summed E-state index contributed by atoms with van der Waals surface area (Å²) in [7, 11) is 0. The summed E-state index contributed by atoms with van der Waals surface area (Å²) in [5, 5.41) is 10.5. The van der Waals surface area contributed by atoms with Gasteiger partial charge >= 0.3 is 0 Å². The maximum absolute atomic E-state index is 9.19. The van der Waals surface area contributed by atoms with Gasteiger partial charge in [-0.2, -0.15) is 0 Å². The standard InChI is InChI=1S/C13H17NO/c1-10(15)5-4-6-11-9-14-13-8-3-2-7-12(11)13/h2-3,7-10,14-15H,4-6H2,1H3/t10-/m1/s1. The number of aromatic amines is 1. The monoisotopic (exact) mass is 203 g/mol. The van der Waals surface area contributed by atoms with Gasteiger partial charge in [-0.25, -0.2) is 0 Å². The molecule has 15 heavy (non-hydrogen) atoms. The first-order chi connectivity index (χ1) is 7.27. The van der Waals surface area contributed by atoms with Gasteiger partial charge in [-0.1, -0.05) is 18.2 Å². The maximum Gasteiger partial charge on any atom is 0.0512 e. The smallest absolute Gasteiger partial charge is 0.0512 e. The van der Waals surface area contributed by atoms with Crippen molar-refractivity contribution in [1.82, 2.24) is 4.98 Å². The number of fused-ring (bicyclic) bond motifs is 1. The van der Waals surface area contributed by atoms with Crippen molar-refractivity contribution in [3.63, 3.8) is 0 Å². The topological polar surface area (TPSA) is 36.0 Å². The predicted molar refractivity (Wildman–Crippen MR) is 62.9 cm³/mol. The van der Waals surface area contributed by atoms with Crippen molar-refractivity contribution < 1.29 is 5.11 Å². The number of hydrogen-bond acceptors (Lipinski definition) is 1. The minimum absolute atomic E-state index is 0.185. The Labute approximate surface area is 89.9 Å². The fourth-order valence-corrected chi connectivity index (χ4v) is 1.93. The van der Waals surface area contributed by atoms with Crippen LogP contribution in [-0.4, -0.2) is 16.2 Å². The van der Waals surface area contributed by atoms with Crippen LogP contribution in [0.2, 0.25) is 0 Å². The van der Waals surface area contributed by atoms with Gasteiger partial charge in [0, 0.05) is 17.1 Å². The number of aliphatic hydroxyl groups excluding tert-OH is 1. The zero-order valence-electron chi connectivity index (χ0n) is 9.03. The molecule has 0 saturated carbocycles. The number of para-hydroxylation sites is 1. The maximum atomic E-state index is 9.19. The van der Waals surface area contributed by atoms with Crippen LogP contribution < -0.4 is 0 Å². The second-order valence-electron chi connectivity index (χ2n) is 4.10. The number of hydrogen-bond donors (Lipinski definition) is 2. The molecule has 0 radical (unpaired) electrons. The normalized spacial score (nSPS) is 13.2. The number of H-pyrrole nitrogens is 1. The Balaban J connectivity index is 2.08. The molecule has 2 heteroatoms. The van der Waals surface area contributed by atoms with Gasteiger partial charge in [0.05, 0.1) is 6.10 Å². The first-order valence-electron chi connectivity index (χ1n) is 5.50. The van der Waals surface area contributed by atoms with Gasteiger partial charge in [0.1, 0.15) is 0 Å². The molecular formula is C13H17NO. The zero-order valence-corrected chi connectivity index (χ0v) is 9.03. The van der Waals surface area contributed by atoms with E-state index in [4.69, 9.17) is 0 Å². The van der Waals surface area contributed by atoms with Gasteiger partial charge < -0.3 is 10.1 Å². The van der Waals surface area contributed by atoms with Crippen molar-refractivity contribution in [3.8, 4) is 0 Å². The highest BCUT2D eigenvalue weighted by Crippen LogP contribution is 2.19. The van der Waals surface area contributed by atoms with Crippen LogP contribution in [0.3, 0.4) is 0 Å². The molecule has 0 saturated heterocycles. The van der Waals surface area contributed by atoms with E-state index in [1.807, 2.05) is 13.0 Å². The molecule has 2 nitrogen and oxygen atoms in total. The lowest BCUT2D eigenvalue weighted by Gasteiger charge is -2.02. The Bertz CT molecular complexity index is 431. The van der Waals surface area contributed by atoms with Crippen molar-refractivity contribution in [2.45, 2.75) is 32.3 Å². The lowest BCUT2D eigenvalue weighted by atomic mass is 10.1. The van der Waals surface area contributed by atoms with Crippen LogP contribution in [0.5, 0.6) is 0 Å². The molecule has 1 atom stereocenters. The number of aryl methyl sites for hydroxylation is 1. The second kappa shape index (κ2) is 4.49. The number of nitrogens with one attached hydrogen (secondary N) is 1. The van der Waals surface area contributed by atoms with Crippen LogP contribution >= 0.6 is 0 Å². The summed E-state index contributed by atoms with van der Waals surface area (Å²) in [6, 6.07) is 8.34. The summed E-state index contributed by atoms with van der Waals surface area (Å²) in [5.74, 6) is 0. The van der Waals surface area contributed by atoms with Crippen molar-refractivity contribution in [2.75, 3.05) is 0 Å². The molecule has 2 N–H and O–H groups in total. The third-order valence-electron chi connectivity index (χ3n) is 2.74. The van der Waals surface area contributed by atoms with E-state index in [2.05, 4.69) is 29.4 Å². The van der Waals surface area contributed by atoms with Crippen molar-refractivity contribution in [2.24, 2.45) is 0 Å².